The lowest BCUT2D eigenvalue weighted by Gasteiger charge is -2.44. The fourth-order valence-corrected chi connectivity index (χ4v) is 6.26. The molecule has 0 aromatic heterocycles. The molecule has 3 rings (SSSR count). The summed E-state index contributed by atoms with van der Waals surface area (Å²) >= 11 is 0. The Morgan fingerprint density at radius 2 is 1.76 bits per heavy atom. The highest BCUT2D eigenvalue weighted by Gasteiger charge is 2.50. The topological polar surface area (TPSA) is 78.2 Å². The number of nitriles is 1. The van der Waals surface area contributed by atoms with Crippen LogP contribution in [0.15, 0.2) is 24.3 Å². The number of nitrogens with zero attached hydrogens (tertiary/aromatic N) is 1. The van der Waals surface area contributed by atoms with Gasteiger partial charge in [0.15, 0.2) is 9.84 Å². The van der Waals surface area contributed by atoms with Gasteiger partial charge in [-0.3, -0.25) is 0 Å². The number of hydrogen-bond acceptors (Lipinski definition) is 4. The van der Waals surface area contributed by atoms with E-state index in [2.05, 4.69) is 6.07 Å². The Bertz CT molecular complexity index is 652. The summed E-state index contributed by atoms with van der Waals surface area (Å²) < 4.78 is 24.6. The van der Waals surface area contributed by atoms with Crippen molar-refractivity contribution in [1.29, 1.82) is 5.26 Å². The van der Waals surface area contributed by atoms with Crippen LogP contribution in [0.1, 0.15) is 43.2 Å². The van der Waals surface area contributed by atoms with Crippen LogP contribution in [0.2, 0.25) is 0 Å². The number of sulfone groups is 1. The summed E-state index contributed by atoms with van der Waals surface area (Å²) in [4.78, 5) is 0. The third kappa shape index (κ3) is 2.47. The molecule has 2 saturated heterocycles. The molecule has 1 N–H and O–H groups in total. The molecule has 1 aromatic carbocycles. The third-order valence-corrected chi connectivity index (χ3v) is 7.55. The van der Waals surface area contributed by atoms with E-state index in [0.717, 1.165) is 17.5 Å². The van der Waals surface area contributed by atoms with Crippen LogP contribution >= 0.6 is 0 Å². The van der Waals surface area contributed by atoms with E-state index in [9.17, 15) is 13.5 Å². The monoisotopic (exact) mass is 305 g/mol. The molecule has 2 fully saturated rings. The molecule has 2 atom stereocenters. The largest absolute Gasteiger partial charge is 0.385 e. The molecule has 2 aliphatic heterocycles. The number of fused-ring (bicyclic) bond motifs is 2. The van der Waals surface area contributed by atoms with Gasteiger partial charge in [0, 0.05) is 0 Å². The van der Waals surface area contributed by atoms with Crippen LogP contribution in [0.4, 0.5) is 0 Å². The number of hydrogen-bond donors (Lipinski definition) is 1. The molecule has 0 aliphatic carbocycles. The van der Waals surface area contributed by atoms with Gasteiger partial charge < -0.3 is 5.11 Å². The molecule has 21 heavy (non-hydrogen) atoms. The second kappa shape index (κ2) is 5.11. The summed E-state index contributed by atoms with van der Waals surface area (Å²) in [6, 6.07) is 9.45. The average Bonchev–Trinajstić information content (AvgIpc) is 2.42. The molecular weight excluding hydrogens is 286 g/mol. The van der Waals surface area contributed by atoms with E-state index in [1.54, 1.807) is 0 Å². The van der Waals surface area contributed by atoms with Gasteiger partial charge in [0.1, 0.15) is 0 Å². The standard InChI is InChI=1S/C16H19NO3S/c17-9-8-12-4-6-13(7-5-12)16(18)10-14-2-1-3-15(11-16)21(14,19)20/h4-7,14-15,18H,1-3,8,10-11H2. The van der Waals surface area contributed by atoms with Gasteiger partial charge in [0.05, 0.1) is 28.6 Å². The van der Waals surface area contributed by atoms with Crippen LogP contribution in [0.25, 0.3) is 0 Å². The van der Waals surface area contributed by atoms with Crippen molar-refractivity contribution in [1.82, 2.24) is 0 Å². The van der Waals surface area contributed by atoms with Crippen molar-refractivity contribution in [2.24, 2.45) is 0 Å². The molecule has 4 nitrogen and oxygen atoms in total. The minimum absolute atomic E-state index is 0.295. The predicted molar refractivity (Wildman–Crippen MR) is 79.2 cm³/mol. The van der Waals surface area contributed by atoms with Gasteiger partial charge in [0.25, 0.3) is 0 Å². The zero-order chi connectivity index (χ0) is 15.1. The van der Waals surface area contributed by atoms with Gasteiger partial charge in [0.2, 0.25) is 0 Å². The maximum atomic E-state index is 12.3. The first-order chi connectivity index (χ1) is 9.95. The van der Waals surface area contributed by atoms with Gasteiger partial charge in [-0.25, -0.2) is 8.42 Å². The minimum Gasteiger partial charge on any atom is -0.385 e. The molecule has 2 heterocycles. The normalized spacial score (nSPS) is 34.1. The minimum atomic E-state index is -3.06. The third-order valence-electron chi connectivity index (χ3n) is 4.89. The SMILES string of the molecule is N#CCc1ccc(C2(O)CC3CCCC(C2)S3(=O)=O)cc1. The van der Waals surface area contributed by atoms with E-state index >= 15 is 0 Å². The summed E-state index contributed by atoms with van der Waals surface area (Å²) in [5.74, 6) is 0. The Labute approximate surface area is 125 Å². The van der Waals surface area contributed by atoms with Crippen LogP contribution in [-0.4, -0.2) is 24.0 Å². The summed E-state index contributed by atoms with van der Waals surface area (Å²) in [6.45, 7) is 0. The summed E-state index contributed by atoms with van der Waals surface area (Å²) in [5.41, 5.74) is 0.635. The molecule has 112 valence electrons. The van der Waals surface area contributed by atoms with Crippen molar-refractivity contribution in [3.63, 3.8) is 0 Å². The van der Waals surface area contributed by atoms with E-state index in [1.807, 2.05) is 24.3 Å². The van der Waals surface area contributed by atoms with Gasteiger partial charge in [-0.05, 0) is 36.8 Å². The van der Waals surface area contributed by atoms with E-state index in [1.165, 1.54) is 0 Å². The Morgan fingerprint density at radius 1 is 1.19 bits per heavy atom. The Hall–Kier alpha value is -1.38. The molecule has 2 bridgehead atoms. The number of aliphatic hydroxyl groups is 1. The molecule has 0 radical (unpaired) electrons. The smallest absolute Gasteiger partial charge is 0.156 e. The second-order valence-electron chi connectivity index (χ2n) is 6.24. The maximum Gasteiger partial charge on any atom is 0.156 e. The van der Waals surface area contributed by atoms with Crippen molar-refractivity contribution in [2.75, 3.05) is 0 Å². The second-order valence-corrected chi connectivity index (χ2v) is 8.75. The molecular formula is C16H19NO3S. The van der Waals surface area contributed by atoms with Crippen molar-refractivity contribution in [3.8, 4) is 6.07 Å². The lowest BCUT2D eigenvalue weighted by Crippen LogP contribution is -2.50. The molecule has 0 spiro atoms. The van der Waals surface area contributed by atoms with Crippen LogP contribution < -0.4 is 0 Å². The predicted octanol–water partition coefficient (Wildman–Crippen LogP) is 2.07. The zero-order valence-corrected chi connectivity index (χ0v) is 12.6. The lowest BCUT2D eigenvalue weighted by atomic mass is 9.80. The van der Waals surface area contributed by atoms with Crippen molar-refractivity contribution in [2.45, 2.75) is 54.6 Å². The molecule has 1 aromatic rings. The first-order valence-electron chi connectivity index (χ1n) is 7.37. The van der Waals surface area contributed by atoms with E-state index < -0.39 is 25.9 Å². The lowest BCUT2D eigenvalue weighted by molar-refractivity contribution is 0.00500. The average molecular weight is 305 g/mol. The molecule has 0 saturated carbocycles. The van der Waals surface area contributed by atoms with Crippen LogP contribution in [-0.2, 0) is 21.9 Å². The highest BCUT2D eigenvalue weighted by atomic mass is 32.2. The highest BCUT2D eigenvalue weighted by Crippen LogP contribution is 2.46. The summed E-state index contributed by atoms with van der Waals surface area (Å²) in [6.07, 6.45) is 3.19. The van der Waals surface area contributed by atoms with Gasteiger partial charge in [-0.1, -0.05) is 30.7 Å². The fourth-order valence-electron chi connectivity index (χ4n) is 3.71. The molecule has 0 amide bonds. The van der Waals surface area contributed by atoms with Gasteiger partial charge in [-0.2, -0.15) is 5.26 Å². The van der Waals surface area contributed by atoms with Gasteiger partial charge in [-0.15, -0.1) is 0 Å². The van der Waals surface area contributed by atoms with Crippen LogP contribution in [0.5, 0.6) is 0 Å². The molecule has 2 unspecified atom stereocenters. The van der Waals surface area contributed by atoms with Crippen LogP contribution in [0, 0.1) is 11.3 Å². The van der Waals surface area contributed by atoms with E-state index in [-0.39, 0.29) is 0 Å². The molecule has 5 heteroatoms. The van der Waals surface area contributed by atoms with Crippen LogP contribution in [0.3, 0.4) is 0 Å². The zero-order valence-electron chi connectivity index (χ0n) is 11.8. The first kappa shape index (κ1) is 14.6. The Morgan fingerprint density at radius 3 is 2.29 bits per heavy atom. The van der Waals surface area contributed by atoms with Crippen molar-refractivity contribution < 1.29 is 13.5 Å². The molecule has 2 aliphatic rings. The quantitative estimate of drug-likeness (QED) is 0.907. The van der Waals surface area contributed by atoms with E-state index in [0.29, 0.717) is 32.1 Å². The highest BCUT2D eigenvalue weighted by molar-refractivity contribution is 7.92. The van der Waals surface area contributed by atoms with E-state index in [4.69, 9.17) is 5.26 Å². The summed E-state index contributed by atoms with van der Waals surface area (Å²) in [5, 5.41) is 18.8. The Balaban J connectivity index is 1.90. The van der Waals surface area contributed by atoms with Crippen molar-refractivity contribution >= 4 is 9.84 Å². The summed E-state index contributed by atoms with van der Waals surface area (Å²) in [7, 11) is -3.06. The maximum absolute atomic E-state index is 12.3. The van der Waals surface area contributed by atoms with Gasteiger partial charge >= 0.3 is 0 Å². The number of benzene rings is 1. The first-order valence-corrected chi connectivity index (χ1v) is 8.98. The fraction of sp³-hybridized carbons (Fsp3) is 0.562. The van der Waals surface area contributed by atoms with Crippen molar-refractivity contribution in [3.05, 3.63) is 35.4 Å². The number of rotatable bonds is 2. The Kier molecular flexibility index (Phi) is 3.54.